The molecule has 1 heterocycles. The van der Waals surface area contributed by atoms with Gasteiger partial charge in [0.2, 0.25) is 11.8 Å². The summed E-state index contributed by atoms with van der Waals surface area (Å²) in [7, 11) is 0. The van der Waals surface area contributed by atoms with Crippen LogP contribution in [0.2, 0.25) is 0 Å². The molecular formula is C25H26N2O2. The molecule has 1 N–H and O–H groups in total. The molecule has 3 aromatic carbocycles. The molecular weight excluding hydrogens is 360 g/mol. The largest absolute Gasteiger partial charge is 0.350 e. The molecule has 0 saturated carbocycles. The van der Waals surface area contributed by atoms with E-state index in [1.165, 1.54) is 10.9 Å². The van der Waals surface area contributed by atoms with Crippen LogP contribution in [-0.2, 0) is 16.0 Å². The van der Waals surface area contributed by atoms with Crippen molar-refractivity contribution in [1.29, 1.82) is 0 Å². The van der Waals surface area contributed by atoms with Crippen LogP contribution in [0.3, 0.4) is 0 Å². The Morgan fingerprint density at radius 3 is 2.55 bits per heavy atom. The Hall–Kier alpha value is -3.14. The summed E-state index contributed by atoms with van der Waals surface area (Å²) < 4.78 is 0. The van der Waals surface area contributed by atoms with Crippen LogP contribution in [-0.4, -0.2) is 23.3 Å². The van der Waals surface area contributed by atoms with E-state index in [0.29, 0.717) is 6.54 Å². The lowest BCUT2D eigenvalue weighted by Crippen LogP contribution is -2.41. The van der Waals surface area contributed by atoms with Gasteiger partial charge in [-0.2, -0.15) is 0 Å². The van der Waals surface area contributed by atoms with Gasteiger partial charge in [-0.15, -0.1) is 0 Å². The Kier molecular flexibility index (Phi) is 5.34. The molecule has 0 aromatic heterocycles. The first kappa shape index (κ1) is 19.2. The number of hydrogen-bond donors (Lipinski definition) is 1. The minimum atomic E-state index is -0.207. The number of rotatable bonds is 4. The predicted octanol–water partition coefficient (Wildman–Crippen LogP) is 4.55. The highest BCUT2D eigenvalue weighted by molar-refractivity contribution is 5.84. The molecule has 0 fully saturated rings. The summed E-state index contributed by atoms with van der Waals surface area (Å²) in [6.45, 7) is 4.24. The zero-order valence-electron chi connectivity index (χ0n) is 16.9. The molecule has 0 spiro atoms. The molecule has 3 aromatic rings. The normalized spacial score (nSPS) is 16.9. The molecule has 148 valence electrons. The second-order valence-electron chi connectivity index (χ2n) is 7.78. The summed E-state index contributed by atoms with van der Waals surface area (Å²) in [6, 6.07) is 22.3. The van der Waals surface area contributed by atoms with Crippen LogP contribution >= 0.6 is 0 Å². The zero-order valence-corrected chi connectivity index (χ0v) is 16.9. The van der Waals surface area contributed by atoms with Crippen molar-refractivity contribution in [1.82, 2.24) is 10.2 Å². The SMILES string of the molecule is CC(=O)N1CCc2ccccc2C1CC(=O)NC(C)c1ccc2ccccc2c1. The number of carbonyl (C=O) groups excluding carboxylic acids is 2. The van der Waals surface area contributed by atoms with Crippen molar-refractivity contribution in [3.63, 3.8) is 0 Å². The van der Waals surface area contributed by atoms with Gasteiger partial charge in [-0.05, 0) is 46.9 Å². The highest BCUT2D eigenvalue weighted by atomic mass is 16.2. The molecule has 2 atom stereocenters. The lowest BCUT2D eigenvalue weighted by atomic mass is 9.90. The molecule has 4 nitrogen and oxygen atoms in total. The first-order valence-corrected chi connectivity index (χ1v) is 10.2. The van der Waals surface area contributed by atoms with Crippen molar-refractivity contribution < 1.29 is 9.59 Å². The first-order chi connectivity index (χ1) is 14.0. The van der Waals surface area contributed by atoms with Crippen LogP contribution in [0.4, 0.5) is 0 Å². The summed E-state index contributed by atoms with van der Waals surface area (Å²) in [6.07, 6.45) is 1.11. The van der Waals surface area contributed by atoms with E-state index in [9.17, 15) is 9.59 Å². The second-order valence-corrected chi connectivity index (χ2v) is 7.78. The number of amides is 2. The van der Waals surface area contributed by atoms with Gasteiger partial charge in [0.25, 0.3) is 0 Å². The van der Waals surface area contributed by atoms with E-state index in [1.54, 1.807) is 6.92 Å². The van der Waals surface area contributed by atoms with E-state index in [4.69, 9.17) is 0 Å². The van der Waals surface area contributed by atoms with Gasteiger partial charge in [0.15, 0.2) is 0 Å². The fourth-order valence-corrected chi connectivity index (χ4v) is 4.29. The number of fused-ring (bicyclic) bond motifs is 2. The lowest BCUT2D eigenvalue weighted by Gasteiger charge is -2.36. The summed E-state index contributed by atoms with van der Waals surface area (Å²) in [5.41, 5.74) is 3.39. The topological polar surface area (TPSA) is 49.4 Å². The maximum absolute atomic E-state index is 12.9. The van der Waals surface area contributed by atoms with Gasteiger partial charge in [-0.3, -0.25) is 9.59 Å². The van der Waals surface area contributed by atoms with Crippen LogP contribution in [0.5, 0.6) is 0 Å². The Morgan fingerprint density at radius 1 is 1.03 bits per heavy atom. The first-order valence-electron chi connectivity index (χ1n) is 10.2. The van der Waals surface area contributed by atoms with Crippen LogP contribution < -0.4 is 5.32 Å². The minimum Gasteiger partial charge on any atom is -0.350 e. The van der Waals surface area contributed by atoms with Gasteiger partial charge in [0.05, 0.1) is 18.5 Å². The molecule has 4 rings (SSSR count). The average Bonchev–Trinajstić information content (AvgIpc) is 2.73. The van der Waals surface area contributed by atoms with Crippen molar-refractivity contribution in [3.8, 4) is 0 Å². The van der Waals surface area contributed by atoms with Crippen LogP contribution in [0, 0.1) is 0 Å². The smallest absolute Gasteiger partial charge is 0.222 e. The molecule has 0 saturated heterocycles. The number of nitrogens with zero attached hydrogens (tertiary/aromatic N) is 1. The van der Waals surface area contributed by atoms with Crippen LogP contribution in [0.25, 0.3) is 10.8 Å². The molecule has 1 aliphatic rings. The van der Waals surface area contributed by atoms with Gasteiger partial charge >= 0.3 is 0 Å². The summed E-state index contributed by atoms with van der Waals surface area (Å²) in [5, 5.41) is 5.47. The standard InChI is InChI=1S/C25H26N2O2/c1-17(21-12-11-19-7-3-4-9-22(19)15-21)26-25(29)16-24-23-10-6-5-8-20(23)13-14-27(24)18(2)28/h3-12,15,17,24H,13-14,16H2,1-2H3,(H,26,29). The lowest BCUT2D eigenvalue weighted by molar-refractivity contribution is -0.133. The van der Waals surface area contributed by atoms with E-state index in [1.807, 2.05) is 42.2 Å². The fourth-order valence-electron chi connectivity index (χ4n) is 4.29. The van der Waals surface area contributed by atoms with E-state index in [2.05, 4.69) is 41.7 Å². The van der Waals surface area contributed by atoms with E-state index < -0.39 is 0 Å². The third-order valence-corrected chi connectivity index (χ3v) is 5.85. The van der Waals surface area contributed by atoms with Gasteiger partial charge in [-0.1, -0.05) is 60.7 Å². The summed E-state index contributed by atoms with van der Waals surface area (Å²) in [4.78, 5) is 26.9. The Bertz CT molecular complexity index is 1060. The third-order valence-electron chi connectivity index (χ3n) is 5.85. The van der Waals surface area contributed by atoms with Crippen molar-refractivity contribution in [3.05, 3.63) is 83.4 Å². The van der Waals surface area contributed by atoms with E-state index >= 15 is 0 Å². The number of benzene rings is 3. The van der Waals surface area contributed by atoms with Crippen LogP contribution in [0.15, 0.2) is 66.7 Å². The molecule has 0 radical (unpaired) electrons. The maximum atomic E-state index is 12.9. The van der Waals surface area contributed by atoms with Crippen molar-refractivity contribution in [2.75, 3.05) is 6.54 Å². The monoisotopic (exact) mass is 386 g/mol. The Morgan fingerprint density at radius 2 is 1.76 bits per heavy atom. The minimum absolute atomic E-state index is 0.0138. The quantitative estimate of drug-likeness (QED) is 0.715. The van der Waals surface area contributed by atoms with Gasteiger partial charge in [0, 0.05) is 13.5 Å². The molecule has 2 unspecified atom stereocenters. The molecule has 1 aliphatic heterocycles. The van der Waals surface area contributed by atoms with Gasteiger partial charge in [-0.25, -0.2) is 0 Å². The van der Waals surface area contributed by atoms with Crippen LogP contribution in [0.1, 0.15) is 49.0 Å². The third kappa shape index (κ3) is 4.02. The average molecular weight is 386 g/mol. The van der Waals surface area contributed by atoms with E-state index in [0.717, 1.165) is 22.9 Å². The summed E-state index contributed by atoms with van der Waals surface area (Å²) in [5.74, 6) is -0.0292. The molecule has 4 heteroatoms. The molecule has 0 bridgehead atoms. The molecule has 2 amide bonds. The molecule has 0 aliphatic carbocycles. The van der Waals surface area contributed by atoms with Crippen molar-refractivity contribution in [2.24, 2.45) is 0 Å². The maximum Gasteiger partial charge on any atom is 0.222 e. The highest BCUT2D eigenvalue weighted by Gasteiger charge is 2.30. The Balaban J connectivity index is 1.51. The Labute approximate surface area is 171 Å². The predicted molar refractivity (Wildman–Crippen MR) is 115 cm³/mol. The van der Waals surface area contributed by atoms with E-state index in [-0.39, 0.29) is 30.3 Å². The van der Waals surface area contributed by atoms with Gasteiger partial charge < -0.3 is 10.2 Å². The van der Waals surface area contributed by atoms with Gasteiger partial charge in [0.1, 0.15) is 0 Å². The highest BCUT2D eigenvalue weighted by Crippen LogP contribution is 2.32. The fraction of sp³-hybridized carbons (Fsp3) is 0.280. The number of carbonyl (C=O) groups is 2. The van der Waals surface area contributed by atoms with Crippen molar-refractivity contribution >= 4 is 22.6 Å². The summed E-state index contributed by atoms with van der Waals surface area (Å²) >= 11 is 0. The molecule has 29 heavy (non-hydrogen) atoms. The zero-order chi connectivity index (χ0) is 20.4. The second kappa shape index (κ2) is 8.08. The number of nitrogens with one attached hydrogen (secondary N) is 1. The number of hydrogen-bond acceptors (Lipinski definition) is 2. The van der Waals surface area contributed by atoms with Crippen molar-refractivity contribution in [2.45, 2.75) is 38.8 Å².